The second-order valence-electron chi connectivity index (χ2n) is 32.3. The molecule has 0 aromatic carbocycles. The lowest BCUT2D eigenvalue weighted by molar-refractivity contribution is -0.153. The van der Waals surface area contributed by atoms with Crippen molar-refractivity contribution in [1.82, 2.24) is 16.0 Å². The number of esters is 4. The summed E-state index contributed by atoms with van der Waals surface area (Å²) in [5.74, 6) is 5.31. The SMILES string of the molecule is [2H]CC(COC(=O)CCC(=O)NC)NC(=O)CCC(=O)O[C@H]1CC[C@@]2(C)C(=CCC3C2CC[C@@]2(C)C3CC[C@@H]2[C@H](C)CCCC(C)C)C1.[2H]CC(COC(=O)CCC(=O)O)NC(=O)CCC(=O)O[C@H]1CC[C@@]2(C)C(=CCC3C2CC[C@@]2(C)C3CC[C@@H]2[C@H](C)CCCC(C)C)C1.[3H]OC.[3H]OC. The zero-order valence-corrected chi connectivity index (χ0v) is 62.1. The normalized spacial score (nSPS) is 32.2. The lowest BCUT2D eigenvalue weighted by Crippen LogP contribution is -2.51. The van der Waals surface area contributed by atoms with Crippen LogP contribution in [0.15, 0.2) is 23.3 Å². The molecule has 0 radical (unpaired) electrons. The van der Waals surface area contributed by atoms with Crippen LogP contribution in [0.25, 0.3) is 0 Å². The summed E-state index contributed by atoms with van der Waals surface area (Å²) in [6.45, 7) is 23.9. The van der Waals surface area contributed by atoms with E-state index in [0.717, 1.165) is 111 Å². The van der Waals surface area contributed by atoms with Crippen molar-refractivity contribution in [2.75, 3.05) is 34.5 Å². The number of carboxylic acids is 1. The van der Waals surface area contributed by atoms with Crippen LogP contribution in [0, 0.1) is 92.7 Å². The first-order chi connectivity index (χ1) is 47.9. The predicted molar refractivity (Wildman–Crippen MR) is 378 cm³/mol. The third-order valence-electron chi connectivity index (χ3n) is 25.2. The van der Waals surface area contributed by atoms with E-state index in [-0.39, 0.29) is 119 Å². The van der Waals surface area contributed by atoms with Crippen molar-refractivity contribution in [3.63, 3.8) is 0 Å². The molecule has 18 heteroatoms. The van der Waals surface area contributed by atoms with E-state index < -0.39 is 41.9 Å². The summed E-state index contributed by atoms with van der Waals surface area (Å²) >= 11 is 0. The number of carbonyl (C=O) groups excluding carboxylic acids is 7. The average molecular weight is 1370 g/mol. The number of hydrogen-bond acceptors (Lipinski definition) is 14. The highest BCUT2D eigenvalue weighted by molar-refractivity contribution is 5.83. The molecule has 18 nitrogen and oxygen atoms in total. The number of allylic oxidation sites excluding steroid dienone is 2. The third kappa shape index (κ3) is 22.6. The topological polar surface area (TPSA) is 270 Å². The van der Waals surface area contributed by atoms with Gasteiger partial charge in [0, 0.05) is 56.1 Å². The molecular formula is C79H133N3O15. The lowest BCUT2D eigenvalue weighted by atomic mass is 9.47. The van der Waals surface area contributed by atoms with Crippen LogP contribution in [0.4, 0.5) is 0 Å². The monoisotopic (exact) mass is 1370 g/mol. The maximum Gasteiger partial charge on any atom is 0.306 e. The second kappa shape index (κ2) is 38.8. The fraction of sp³-hybridized carbons (Fsp3) is 0.848. The maximum atomic E-state index is 12.8. The van der Waals surface area contributed by atoms with E-state index in [1.165, 1.54) is 122 Å². The molecule has 6 fully saturated rings. The molecule has 18 atom stereocenters. The molecule has 0 aromatic heterocycles. The minimum atomic E-state index is -1.10. The van der Waals surface area contributed by atoms with Crippen LogP contribution in [0.3, 0.4) is 0 Å². The van der Waals surface area contributed by atoms with Crippen molar-refractivity contribution in [2.24, 2.45) is 92.7 Å². The van der Waals surface area contributed by atoms with Crippen molar-refractivity contribution in [3.05, 3.63) is 23.3 Å². The van der Waals surface area contributed by atoms with Gasteiger partial charge in [-0.25, -0.2) is 0 Å². The van der Waals surface area contributed by atoms with Gasteiger partial charge in [-0.3, -0.25) is 38.4 Å². The molecule has 0 aliphatic heterocycles. The standard InChI is InChI=1S/C39H64N2O6.C38H61NO7.2CH4O/c1-25(2)9-8-10-26(3)31-13-14-32-30-12-11-28-23-29(19-21-38(28,5)33(30)20-22-39(31,32)6)47-37(45)18-16-35(43)41-27(4)24-46-36(44)17-15-34(42)40-7;1-24(2)8-7-9-25(3)30-12-13-31-29-11-10-27-22-28(18-20-37(27,5)32(29)19-21-38(30,31)6)46-36(44)16-14-33(40)39-26(4)23-45-35(43)17-15-34(41)42;2*1-2/h11,25-27,29-33H,8-10,12-24H2,1-7H3,(H,40,42)(H,41,43);10,24-26,28-32H,7-9,11-23H2,1-6H3,(H,39,40)(H,41,42);2*2H,1H3/t26-,27?,29+,30?,31-,32?,33?,38+,39-;25-,26?,28+,29?,30-,31?,32?,37+,38-;;/m11../s1/i2*4D;2*2T. The van der Waals surface area contributed by atoms with Crippen LogP contribution in [0.5, 0.6) is 0 Å². The number of hydrogen-bond donors (Lipinski definition) is 6. The number of amides is 3. The van der Waals surface area contributed by atoms with Crippen LogP contribution in [0.1, 0.15) is 278 Å². The molecule has 8 rings (SSSR count). The second-order valence-corrected chi connectivity index (χ2v) is 32.3. The smallest absolute Gasteiger partial charge is 0.306 e. The van der Waals surface area contributed by atoms with E-state index in [9.17, 15) is 38.4 Å². The van der Waals surface area contributed by atoms with Crippen LogP contribution in [0.2, 0.25) is 0 Å². The van der Waals surface area contributed by atoms with E-state index >= 15 is 0 Å². The van der Waals surface area contributed by atoms with Crippen LogP contribution >= 0.6 is 0 Å². The molecule has 6 N–H and O–H groups in total. The fourth-order valence-corrected chi connectivity index (χ4v) is 20.2. The summed E-state index contributed by atoms with van der Waals surface area (Å²) in [5, 5.41) is 23.4. The number of rotatable bonds is 30. The van der Waals surface area contributed by atoms with Gasteiger partial charge in [-0.2, -0.15) is 0 Å². The van der Waals surface area contributed by atoms with E-state index in [1.807, 2.05) is 0 Å². The number of nitrogens with one attached hydrogen (secondary N) is 3. The first kappa shape index (κ1) is 76.3. The van der Waals surface area contributed by atoms with Crippen LogP contribution in [-0.2, 0) is 57.3 Å². The number of carboxylic acid groups (broad SMARTS) is 1. The van der Waals surface area contributed by atoms with Gasteiger partial charge in [0.05, 0.1) is 44.2 Å². The van der Waals surface area contributed by atoms with E-state index in [0.29, 0.717) is 22.7 Å². The van der Waals surface area contributed by atoms with Gasteiger partial charge in [-0.1, -0.05) is 131 Å². The Morgan fingerprint density at radius 2 is 0.907 bits per heavy atom. The highest BCUT2D eigenvalue weighted by atomic mass is 16.6. The Morgan fingerprint density at radius 3 is 1.28 bits per heavy atom. The Balaban J connectivity index is 0.000000338. The summed E-state index contributed by atoms with van der Waals surface area (Å²) in [4.78, 5) is 95.8. The van der Waals surface area contributed by atoms with Gasteiger partial charge >= 0.3 is 29.8 Å². The first-order valence-corrected chi connectivity index (χ1v) is 37.6. The molecule has 3 amide bonds. The summed E-state index contributed by atoms with van der Waals surface area (Å²) in [6.07, 6.45) is 30.5. The number of aliphatic hydroxyl groups excluding tert-OH is 2. The van der Waals surface area contributed by atoms with Gasteiger partial charge in [-0.15, -0.1) is 0 Å². The summed E-state index contributed by atoms with van der Waals surface area (Å²) < 4.78 is 48.6. The van der Waals surface area contributed by atoms with Gasteiger partial charge in [0.25, 0.3) is 0 Å². The zero-order chi connectivity index (χ0) is 74.8. The highest BCUT2D eigenvalue weighted by Crippen LogP contribution is 2.69. The fourth-order valence-electron chi connectivity index (χ4n) is 20.2. The predicted octanol–water partition coefficient (Wildman–Crippen LogP) is 14.1. The number of aliphatic carboxylic acids is 1. The lowest BCUT2D eigenvalue weighted by Gasteiger charge is -2.58. The molecule has 6 saturated carbocycles. The molecule has 8 aliphatic carbocycles. The van der Waals surface area contributed by atoms with Crippen molar-refractivity contribution in [1.29, 1.82) is 2.86 Å². The molecule has 0 spiro atoms. The van der Waals surface area contributed by atoms with E-state index in [1.54, 1.807) is 0 Å². The molecule has 0 bridgehead atoms. The molecule has 0 saturated heterocycles. The Bertz CT molecular complexity index is 2730. The van der Waals surface area contributed by atoms with Crippen LogP contribution < -0.4 is 16.0 Å². The van der Waals surface area contributed by atoms with Gasteiger partial charge in [0.15, 0.2) is 0 Å². The molecular weight excluding hydrogens is 1230 g/mol. The molecule has 97 heavy (non-hydrogen) atoms. The molecule has 8 unspecified atom stereocenters. The van der Waals surface area contributed by atoms with Crippen molar-refractivity contribution < 1.29 is 75.4 Å². The minimum absolute atomic E-state index is 0.0204. The Morgan fingerprint density at radius 1 is 0.526 bits per heavy atom. The minimum Gasteiger partial charge on any atom is -0.481 e. The van der Waals surface area contributed by atoms with E-state index in [4.69, 9.17) is 29.7 Å². The Kier molecular flexibility index (Phi) is 30.6. The number of fused-ring (bicyclic) bond motifs is 10. The number of carbonyl (C=O) groups is 8. The summed E-state index contributed by atoms with van der Waals surface area (Å²) in [7, 11) is 4.08. The van der Waals surface area contributed by atoms with Gasteiger partial charge in [0.1, 0.15) is 25.4 Å². The van der Waals surface area contributed by atoms with E-state index in [2.05, 4.69) is 108 Å². The molecule has 0 aromatic rings. The Labute approximate surface area is 589 Å². The maximum absolute atomic E-state index is 12.8. The first-order valence-electron chi connectivity index (χ1n) is 39.8. The summed E-state index contributed by atoms with van der Waals surface area (Å²) in [5.41, 5.74) is 4.25. The zero-order valence-electron chi connectivity index (χ0n) is 66.1. The van der Waals surface area contributed by atoms with Crippen molar-refractivity contribution in [2.45, 2.75) is 300 Å². The Hall–Kier alpha value is -4.84. The third-order valence-corrected chi connectivity index (χ3v) is 25.2. The van der Waals surface area contributed by atoms with Gasteiger partial charge in [0.2, 0.25) is 20.6 Å². The average Bonchev–Trinajstić information content (AvgIpc) is 1.69. The highest BCUT2D eigenvalue weighted by Gasteiger charge is 2.61. The van der Waals surface area contributed by atoms with Gasteiger partial charge in [-0.05, 0) is 196 Å². The molecule has 0 heterocycles. The van der Waals surface area contributed by atoms with Gasteiger partial charge < -0.3 is 50.2 Å². The van der Waals surface area contributed by atoms with Crippen LogP contribution in [-0.4, -0.2) is 125 Å². The molecule has 554 valence electrons. The summed E-state index contributed by atoms with van der Waals surface area (Å²) in [6, 6.07) is -1.40. The quantitative estimate of drug-likeness (QED) is 0.0222. The largest absolute Gasteiger partial charge is 0.481 e. The van der Waals surface area contributed by atoms with Crippen molar-refractivity contribution in [3.8, 4) is 0 Å². The number of ether oxygens (including phenoxy) is 4. The number of aliphatic hydroxyl groups is 2. The van der Waals surface area contributed by atoms with Crippen molar-refractivity contribution >= 4 is 47.6 Å². The molecule has 8 aliphatic rings.